The minimum absolute atomic E-state index is 0.0781. The van der Waals surface area contributed by atoms with Gasteiger partial charge in [0.2, 0.25) is 5.91 Å². The van der Waals surface area contributed by atoms with Crippen LogP contribution in [0.15, 0.2) is 18.2 Å². The van der Waals surface area contributed by atoms with E-state index >= 15 is 0 Å². The molecule has 1 aromatic carbocycles. The number of unbranched alkanes of at least 4 members (excludes halogenated alkanes) is 1. The molecule has 1 aliphatic rings. The first kappa shape index (κ1) is 19.3. The molecule has 2 N–H and O–H groups in total. The zero-order valence-electron chi connectivity index (χ0n) is 14.2. The molecule has 7 heteroatoms. The highest BCUT2D eigenvalue weighted by molar-refractivity contribution is 5.91. The molecule has 1 unspecified atom stereocenters. The van der Waals surface area contributed by atoms with Crippen LogP contribution in [0.3, 0.4) is 0 Å². The molecule has 1 heterocycles. The molecule has 5 nitrogen and oxygen atoms in total. The molecule has 0 aliphatic carbocycles. The second kappa shape index (κ2) is 8.38. The van der Waals surface area contributed by atoms with E-state index < -0.39 is 35.0 Å². The number of hydrogen-bond donors (Lipinski definition) is 2. The fourth-order valence-corrected chi connectivity index (χ4v) is 3.18. The van der Waals surface area contributed by atoms with E-state index in [-0.39, 0.29) is 31.6 Å². The Morgan fingerprint density at radius 3 is 2.56 bits per heavy atom. The van der Waals surface area contributed by atoms with Gasteiger partial charge in [-0.2, -0.15) is 0 Å². The van der Waals surface area contributed by atoms with Gasteiger partial charge in [-0.05, 0) is 25.3 Å². The Hall–Kier alpha value is -2.02. The molecule has 25 heavy (non-hydrogen) atoms. The lowest BCUT2D eigenvalue weighted by Crippen LogP contribution is -2.53. The second-order valence-corrected chi connectivity index (χ2v) is 6.33. The summed E-state index contributed by atoms with van der Waals surface area (Å²) in [5.74, 6) is -3.21. The second-order valence-electron chi connectivity index (χ2n) is 6.33. The minimum atomic E-state index is -1.25. The minimum Gasteiger partial charge on any atom is -0.480 e. The third-order valence-corrected chi connectivity index (χ3v) is 4.68. The number of carboxylic acids is 1. The van der Waals surface area contributed by atoms with Gasteiger partial charge in [-0.25, -0.2) is 13.6 Å². The van der Waals surface area contributed by atoms with Crippen molar-refractivity contribution in [2.75, 3.05) is 13.2 Å². The van der Waals surface area contributed by atoms with Crippen molar-refractivity contribution in [3.63, 3.8) is 0 Å². The lowest BCUT2D eigenvalue weighted by Gasteiger charge is -2.37. The summed E-state index contributed by atoms with van der Waals surface area (Å²) in [6.45, 7) is 2.42. The Balaban J connectivity index is 2.32. The van der Waals surface area contributed by atoms with Crippen molar-refractivity contribution < 1.29 is 28.2 Å². The van der Waals surface area contributed by atoms with E-state index in [0.29, 0.717) is 12.8 Å². The molecule has 1 aliphatic heterocycles. The van der Waals surface area contributed by atoms with Gasteiger partial charge in [-0.15, -0.1) is 0 Å². The number of aliphatic carboxylic acids is 1. The Labute approximate surface area is 145 Å². The van der Waals surface area contributed by atoms with Crippen molar-refractivity contribution in [3.8, 4) is 0 Å². The monoisotopic (exact) mass is 355 g/mol. The predicted molar refractivity (Wildman–Crippen MR) is 87.2 cm³/mol. The van der Waals surface area contributed by atoms with E-state index in [2.05, 4.69) is 5.32 Å². The maximum atomic E-state index is 14.4. The van der Waals surface area contributed by atoms with E-state index in [0.717, 1.165) is 18.6 Å². The molecule has 138 valence electrons. The van der Waals surface area contributed by atoms with Crippen LogP contribution in [0.2, 0.25) is 0 Å². The first-order valence-electron chi connectivity index (χ1n) is 8.48. The maximum Gasteiger partial charge on any atom is 0.326 e. The van der Waals surface area contributed by atoms with Gasteiger partial charge >= 0.3 is 5.97 Å². The average molecular weight is 355 g/mol. The molecule has 1 aromatic rings. The Morgan fingerprint density at radius 2 is 2.00 bits per heavy atom. The smallest absolute Gasteiger partial charge is 0.326 e. The number of rotatable bonds is 7. The van der Waals surface area contributed by atoms with Gasteiger partial charge in [0.25, 0.3) is 0 Å². The molecule has 1 saturated heterocycles. The van der Waals surface area contributed by atoms with Crippen LogP contribution in [0.25, 0.3) is 0 Å². The lowest BCUT2D eigenvalue weighted by molar-refractivity contribution is -0.144. The summed E-state index contributed by atoms with van der Waals surface area (Å²) >= 11 is 0. The first-order valence-corrected chi connectivity index (χ1v) is 8.48. The van der Waals surface area contributed by atoms with Crippen LogP contribution in [-0.2, 0) is 19.7 Å². The molecule has 1 amide bonds. The highest BCUT2D eigenvalue weighted by Gasteiger charge is 2.44. The summed E-state index contributed by atoms with van der Waals surface area (Å²) < 4.78 is 32.9. The molecule has 1 fully saturated rings. The van der Waals surface area contributed by atoms with E-state index in [4.69, 9.17) is 4.74 Å². The standard InChI is InChI=1S/C18H23F2NO4/c1-2-3-4-15(16(22)23)21-17(24)18(7-9-25-10-8-18)13-6-5-12(19)11-14(13)20/h5-6,11,15H,2-4,7-10H2,1H3,(H,21,24)(H,22,23). The third-order valence-electron chi connectivity index (χ3n) is 4.68. The predicted octanol–water partition coefficient (Wildman–Crippen LogP) is 2.77. The van der Waals surface area contributed by atoms with Crippen molar-refractivity contribution in [2.45, 2.75) is 50.5 Å². The molecule has 0 bridgehead atoms. The van der Waals surface area contributed by atoms with Crippen molar-refractivity contribution >= 4 is 11.9 Å². The normalized spacial score (nSPS) is 17.7. The summed E-state index contributed by atoms with van der Waals surface area (Å²) in [4.78, 5) is 24.4. The van der Waals surface area contributed by atoms with Crippen LogP contribution in [0.4, 0.5) is 8.78 Å². The van der Waals surface area contributed by atoms with Crippen molar-refractivity contribution in [1.29, 1.82) is 0 Å². The molecule has 2 rings (SSSR count). The molecule has 1 atom stereocenters. The number of carbonyl (C=O) groups is 2. The van der Waals surface area contributed by atoms with Crippen molar-refractivity contribution in [1.82, 2.24) is 5.32 Å². The SMILES string of the molecule is CCCCC(NC(=O)C1(c2ccc(F)cc2F)CCOCC1)C(=O)O. The number of halogens is 2. The van der Waals surface area contributed by atoms with Gasteiger partial charge < -0.3 is 15.2 Å². The van der Waals surface area contributed by atoms with Gasteiger partial charge in [-0.1, -0.05) is 25.8 Å². The van der Waals surface area contributed by atoms with Gasteiger partial charge in [0.15, 0.2) is 0 Å². The third kappa shape index (κ3) is 4.34. The number of carboxylic acid groups (broad SMARTS) is 1. The summed E-state index contributed by atoms with van der Waals surface area (Å²) in [6.07, 6.45) is 2.17. The van der Waals surface area contributed by atoms with Gasteiger partial charge in [0, 0.05) is 24.8 Å². The lowest BCUT2D eigenvalue weighted by atomic mass is 9.73. The highest BCUT2D eigenvalue weighted by Crippen LogP contribution is 2.37. The number of carbonyl (C=O) groups excluding carboxylic acids is 1. The number of amides is 1. The maximum absolute atomic E-state index is 14.4. The average Bonchev–Trinajstić information content (AvgIpc) is 2.58. The molecule has 0 radical (unpaired) electrons. The topological polar surface area (TPSA) is 75.6 Å². The van der Waals surface area contributed by atoms with Crippen molar-refractivity contribution in [2.24, 2.45) is 0 Å². The van der Waals surface area contributed by atoms with E-state index in [1.807, 2.05) is 6.92 Å². The molecular weight excluding hydrogens is 332 g/mol. The van der Waals surface area contributed by atoms with Crippen LogP contribution in [-0.4, -0.2) is 36.2 Å². The Kier molecular flexibility index (Phi) is 6.47. The highest BCUT2D eigenvalue weighted by atomic mass is 19.1. The Morgan fingerprint density at radius 1 is 1.32 bits per heavy atom. The van der Waals surface area contributed by atoms with Crippen molar-refractivity contribution in [3.05, 3.63) is 35.4 Å². The number of hydrogen-bond acceptors (Lipinski definition) is 3. The first-order chi connectivity index (χ1) is 11.9. The van der Waals surface area contributed by atoms with Gasteiger partial charge in [0.05, 0.1) is 5.41 Å². The molecule has 0 spiro atoms. The zero-order valence-corrected chi connectivity index (χ0v) is 14.2. The largest absolute Gasteiger partial charge is 0.480 e. The Bertz CT molecular complexity index is 630. The number of nitrogens with one attached hydrogen (secondary N) is 1. The van der Waals surface area contributed by atoms with Crippen LogP contribution in [0.1, 0.15) is 44.6 Å². The molecule has 0 aromatic heterocycles. The summed E-state index contributed by atoms with van der Waals surface area (Å²) in [5.41, 5.74) is -1.18. The number of benzene rings is 1. The van der Waals surface area contributed by atoms with E-state index in [1.165, 1.54) is 6.07 Å². The zero-order chi connectivity index (χ0) is 18.4. The molecule has 0 saturated carbocycles. The fraction of sp³-hybridized carbons (Fsp3) is 0.556. The summed E-state index contributed by atoms with van der Waals surface area (Å²) in [6, 6.07) is 2.08. The van der Waals surface area contributed by atoms with Crippen LogP contribution < -0.4 is 5.32 Å². The quantitative estimate of drug-likeness (QED) is 0.789. The van der Waals surface area contributed by atoms with Gasteiger partial charge in [0.1, 0.15) is 17.7 Å². The summed E-state index contributed by atoms with van der Waals surface area (Å²) in [5, 5.41) is 11.9. The van der Waals surface area contributed by atoms with E-state index in [1.54, 1.807) is 0 Å². The van der Waals surface area contributed by atoms with E-state index in [9.17, 15) is 23.5 Å². The fourth-order valence-electron chi connectivity index (χ4n) is 3.18. The number of ether oxygens (including phenoxy) is 1. The van der Waals surface area contributed by atoms with Gasteiger partial charge in [-0.3, -0.25) is 4.79 Å². The molecular formula is C18H23F2NO4. The van der Waals surface area contributed by atoms with Crippen LogP contribution in [0.5, 0.6) is 0 Å². The van der Waals surface area contributed by atoms with Crippen LogP contribution >= 0.6 is 0 Å². The summed E-state index contributed by atoms with van der Waals surface area (Å²) in [7, 11) is 0. The van der Waals surface area contributed by atoms with Crippen LogP contribution in [0, 0.1) is 11.6 Å².